The van der Waals surface area contributed by atoms with Crippen molar-refractivity contribution in [2.24, 2.45) is 30.7 Å². The molecule has 253 valence electrons. The van der Waals surface area contributed by atoms with Gasteiger partial charge in [0.15, 0.2) is 0 Å². The van der Waals surface area contributed by atoms with Crippen LogP contribution in [0.15, 0.2) is 139 Å². The normalized spacial score (nSPS) is 11.8. The molecule has 0 heterocycles. The smallest absolute Gasteiger partial charge is 0.238 e. The Labute approximate surface area is 290 Å². The molecule has 0 spiro atoms. The van der Waals surface area contributed by atoms with E-state index in [1.165, 1.54) is 24.3 Å². The summed E-state index contributed by atoms with van der Waals surface area (Å²) in [4.78, 5) is -0.396. The van der Waals surface area contributed by atoms with Crippen LogP contribution in [0.25, 0.3) is 21.5 Å². The monoisotopic (exact) mass is 745 g/mol. The molecule has 6 rings (SSSR count). The summed E-state index contributed by atoms with van der Waals surface area (Å²) >= 11 is 0. The Balaban J connectivity index is 0.000000216. The molecule has 0 amide bonds. The number of primary sulfonamides is 2. The van der Waals surface area contributed by atoms with E-state index in [1.807, 2.05) is 24.3 Å². The van der Waals surface area contributed by atoms with Gasteiger partial charge in [-0.2, -0.15) is 0 Å². The number of sulfonamides is 2. The zero-order valence-corrected chi connectivity index (χ0v) is 27.6. The van der Waals surface area contributed by atoms with Crippen LogP contribution in [0.3, 0.4) is 0 Å². The summed E-state index contributed by atoms with van der Waals surface area (Å²) in [5, 5.41) is 68.4. The number of nitrogens with zero attached hydrogens (tertiary/aromatic N) is 4. The number of nitrogens with two attached hydrogens (primary N) is 2. The first-order valence-corrected chi connectivity index (χ1v) is 16.8. The minimum atomic E-state index is -3.93. The second-order valence-corrected chi connectivity index (χ2v) is 13.2. The topological polar surface area (TPSA) is 251 Å². The molecular weight excluding hydrogens is 719 g/mol. The number of benzene rings is 6. The van der Waals surface area contributed by atoms with E-state index in [4.69, 9.17) is 10.3 Å². The van der Waals surface area contributed by atoms with Crippen LogP contribution in [-0.2, 0) is 36.8 Å². The molecular formula is C32H26CoN6O8S2. The van der Waals surface area contributed by atoms with Gasteiger partial charge in [0.05, 0.1) is 9.79 Å². The maximum absolute atomic E-state index is 11.4. The molecule has 6 aromatic rings. The fraction of sp³-hybridized carbons (Fsp3) is 0. The first kappa shape index (κ1) is 36.4. The Hall–Kier alpha value is -5.43. The maximum atomic E-state index is 11.4. The molecule has 0 aliphatic carbocycles. The molecule has 14 nitrogen and oxygen atoms in total. The largest absolute Gasteiger partial charge is 0.506 e. The van der Waals surface area contributed by atoms with Gasteiger partial charge in [0.25, 0.3) is 0 Å². The van der Waals surface area contributed by atoms with Crippen LogP contribution in [0.1, 0.15) is 0 Å². The molecule has 0 aromatic heterocycles. The molecule has 1 radical (unpaired) electrons. The molecule has 0 fully saturated rings. The minimum Gasteiger partial charge on any atom is -0.506 e. The van der Waals surface area contributed by atoms with Crippen LogP contribution in [0.4, 0.5) is 22.7 Å². The van der Waals surface area contributed by atoms with Crippen molar-refractivity contribution in [3.8, 4) is 23.0 Å². The first-order valence-electron chi connectivity index (χ1n) is 13.7. The molecule has 6 aromatic carbocycles. The van der Waals surface area contributed by atoms with Crippen LogP contribution in [0.2, 0.25) is 0 Å². The van der Waals surface area contributed by atoms with Gasteiger partial charge in [-0.05, 0) is 59.3 Å². The van der Waals surface area contributed by atoms with Crippen molar-refractivity contribution in [3.05, 3.63) is 109 Å². The van der Waals surface area contributed by atoms with Crippen molar-refractivity contribution >= 4 is 64.3 Å². The Morgan fingerprint density at radius 1 is 0.449 bits per heavy atom. The Morgan fingerprint density at radius 2 is 0.796 bits per heavy atom. The zero-order chi connectivity index (χ0) is 34.6. The van der Waals surface area contributed by atoms with Crippen molar-refractivity contribution in [1.82, 2.24) is 0 Å². The van der Waals surface area contributed by atoms with E-state index in [1.54, 1.807) is 36.4 Å². The van der Waals surface area contributed by atoms with E-state index >= 15 is 0 Å². The molecule has 0 saturated carbocycles. The Kier molecular flexibility index (Phi) is 11.0. The summed E-state index contributed by atoms with van der Waals surface area (Å²) in [6, 6.07) is 27.8. The number of aromatic hydroxyl groups is 4. The molecule has 0 bridgehead atoms. The average molecular weight is 746 g/mol. The number of fused-ring (bicyclic) bond motifs is 2. The van der Waals surface area contributed by atoms with Crippen molar-refractivity contribution in [2.45, 2.75) is 9.79 Å². The van der Waals surface area contributed by atoms with Gasteiger partial charge in [-0.1, -0.05) is 60.7 Å². The fourth-order valence-corrected chi connectivity index (χ4v) is 5.49. The average Bonchev–Trinajstić information content (AvgIpc) is 3.04. The number of azo groups is 2. The van der Waals surface area contributed by atoms with Gasteiger partial charge in [0.2, 0.25) is 20.0 Å². The summed E-state index contributed by atoms with van der Waals surface area (Å²) in [6.45, 7) is 0. The molecule has 0 saturated heterocycles. The summed E-state index contributed by atoms with van der Waals surface area (Å²) in [5.41, 5.74) is 0.282. The van der Waals surface area contributed by atoms with Gasteiger partial charge >= 0.3 is 0 Å². The van der Waals surface area contributed by atoms with Gasteiger partial charge in [0, 0.05) is 27.6 Å². The summed E-state index contributed by atoms with van der Waals surface area (Å²) < 4.78 is 45.5. The molecule has 0 unspecified atom stereocenters. The molecule has 0 atom stereocenters. The van der Waals surface area contributed by atoms with E-state index in [9.17, 15) is 37.3 Å². The molecule has 49 heavy (non-hydrogen) atoms. The standard InChI is InChI=1S/2C16H13N3O4S.Co/c2*17-24(22,23)11-6-8-14(20)13(9-11)18-19-16-12-4-2-1-3-10(12)5-7-15(16)21;/h2*1-9,20-21H,(H2,17,22,23);. The van der Waals surface area contributed by atoms with Gasteiger partial charge in [-0.25, -0.2) is 27.1 Å². The van der Waals surface area contributed by atoms with Crippen molar-refractivity contribution in [1.29, 1.82) is 0 Å². The Morgan fingerprint density at radius 3 is 1.16 bits per heavy atom. The fourth-order valence-electron chi connectivity index (χ4n) is 4.43. The second-order valence-electron chi connectivity index (χ2n) is 10.1. The third-order valence-corrected chi connectivity index (χ3v) is 8.65. The van der Waals surface area contributed by atoms with E-state index in [0.29, 0.717) is 10.8 Å². The van der Waals surface area contributed by atoms with E-state index in [2.05, 4.69) is 20.5 Å². The van der Waals surface area contributed by atoms with Crippen LogP contribution < -0.4 is 10.3 Å². The first-order chi connectivity index (χ1) is 22.7. The number of phenolic OH excluding ortho intramolecular Hbond substituents is 4. The second kappa shape index (κ2) is 14.8. The summed E-state index contributed by atoms with van der Waals surface area (Å²) in [6.07, 6.45) is 0. The summed E-state index contributed by atoms with van der Waals surface area (Å²) in [7, 11) is -7.86. The summed E-state index contributed by atoms with van der Waals surface area (Å²) in [5.74, 6) is -0.684. The van der Waals surface area contributed by atoms with E-state index in [-0.39, 0.29) is 72.3 Å². The SMILES string of the molecule is NS(=O)(=O)c1ccc(O)c(N=Nc2c(O)ccc3ccccc23)c1.NS(=O)(=O)c1ccc(O)c(N=Nc2c(O)ccc3ccccc23)c1.[Co]. The number of phenols is 4. The van der Waals surface area contributed by atoms with Gasteiger partial charge in [-0.3, -0.25) is 0 Å². The zero-order valence-electron chi connectivity index (χ0n) is 24.9. The van der Waals surface area contributed by atoms with Crippen molar-refractivity contribution in [2.75, 3.05) is 0 Å². The number of rotatable bonds is 6. The number of hydrogen-bond donors (Lipinski definition) is 6. The third kappa shape index (κ3) is 8.54. The predicted molar refractivity (Wildman–Crippen MR) is 179 cm³/mol. The molecule has 0 aliphatic heterocycles. The van der Waals surface area contributed by atoms with Crippen molar-refractivity contribution in [3.63, 3.8) is 0 Å². The Bertz CT molecular complexity index is 2300. The van der Waals surface area contributed by atoms with E-state index in [0.717, 1.165) is 35.0 Å². The third-order valence-electron chi connectivity index (χ3n) is 6.82. The predicted octanol–water partition coefficient (Wildman–Crippen LogP) is 6.63. The van der Waals surface area contributed by atoms with Crippen molar-refractivity contribution < 1.29 is 54.0 Å². The quantitative estimate of drug-likeness (QED) is 0.101. The van der Waals surface area contributed by atoms with Gasteiger partial charge in [-0.15, -0.1) is 20.5 Å². The van der Waals surface area contributed by atoms with E-state index < -0.39 is 20.0 Å². The minimum absolute atomic E-state index is 0. The molecule has 0 aliphatic rings. The van der Waals surface area contributed by atoms with Crippen LogP contribution >= 0.6 is 0 Å². The number of hydrogen-bond acceptors (Lipinski definition) is 12. The maximum Gasteiger partial charge on any atom is 0.238 e. The van der Waals surface area contributed by atoms with Gasteiger partial charge < -0.3 is 20.4 Å². The van der Waals surface area contributed by atoms with Crippen LogP contribution in [0, 0.1) is 0 Å². The van der Waals surface area contributed by atoms with Crippen LogP contribution in [0.5, 0.6) is 23.0 Å². The van der Waals surface area contributed by atoms with Gasteiger partial charge in [0.1, 0.15) is 45.7 Å². The molecule has 8 N–H and O–H groups in total. The molecule has 17 heteroatoms. The van der Waals surface area contributed by atoms with Crippen LogP contribution in [-0.4, -0.2) is 37.3 Å².